The van der Waals surface area contributed by atoms with Gasteiger partial charge in [0.2, 0.25) is 0 Å². The normalized spacial score (nSPS) is 10.8. The molecule has 0 aliphatic rings. The molecule has 0 amide bonds. The Hall–Kier alpha value is -3.61. The van der Waals surface area contributed by atoms with Crippen molar-refractivity contribution in [3.63, 3.8) is 0 Å². The Morgan fingerprint density at radius 2 is 1.75 bits per heavy atom. The fraction of sp³-hybridized carbons (Fsp3) is 0.190. The van der Waals surface area contributed by atoms with Crippen molar-refractivity contribution in [1.82, 2.24) is 24.9 Å². The molecule has 0 bridgehead atoms. The van der Waals surface area contributed by atoms with E-state index in [1.807, 2.05) is 44.3 Å². The van der Waals surface area contributed by atoms with E-state index in [0.29, 0.717) is 18.1 Å². The zero-order valence-corrected chi connectivity index (χ0v) is 16.0. The second-order valence-corrected chi connectivity index (χ2v) is 6.54. The molecule has 3 heterocycles. The number of aromatic nitrogens is 5. The lowest BCUT2D eigenvalue weighted by atomic mass is 10.1. The van der Waals surface area contributed by atoms with Gasteiger partial charge in [-0.15, -0.1) is 0 Å². The monoisotopic (exact) mass is 372 g/mol. The average Bonchev–Trinajstić information content (AvgIpc) is 2.73. The number of rotatable bonds is 5. The van der Waals surface area contributed by atoms with Gasteiger partial charge in [-0.25, -0.2) is 19.9 Å². The van der Waals surface area contributed by atoms with E-state index in [9.17, 15) is 0 Å². The van der Waals surface area contributed by atoms with E-state index < -0.39 is 0 Å². The smallest absolute Gasteiger partial charge is 0.159 e. The summed E-state index contributed by atoms with van der Waals surface area (Å²) in [5, 5.41) is 4.22. The van der Waals surface area contributed by atoms with Crippen LogP contribution in [-0.2, 0) is 6.54 Å². The molecule has 0 aliphatic heterocycles. The molecule has 7 heteroatoms. The van der Waals surface area contributed by atoms with Crippen LogP contribution in [0.25, 0.3) is 22.3 Å². The Morgan fingerprint density at radius 1 is 0.929 bits per heavy atom. The highest BCUT2D eigenvalue weighted by molar-refractivity contribution is 5.96. The largest absolute Gasteiger partial charge is 0.494 e. The molecule has 1 aromatic carbocycles. The minimum Gasteiger partial charge on any atom is -0.494 e. The fourth-order valence-corrected chi connectivity index (χ4v) is 2.89. The van der Waals surface area contributed by atoms with Crippen molar-refractivity contribution < 1.29 is 4.74 Å². The van der Waals surface area contributed by atoms with Crippen LogP contribution in [-0.4, -0.2) is 32.0 Å². The molecular formula is C21H20N6O. The van der Waals surface area contributed by atoms with Gasteiger partial charge in [-0.2, -0.15) is 0 Å². The molecule has 4 aromatic rings. The third kappa shape index (κ3) is 3.59. The standard InChI is InChI=1S/C21H20N6O/c1-13-8-23-20(24-9-13)16-6-17-19(18(7-16)28-3)26-12-27-21(17)25-11-15-5-4-14(2)22-10-15/h4-10,12H,11H2,1-3H3,(H,25,26,27). The van der Waals surface area contributed by atoms with Crippen molar-refractivity contribution in [2.45, 2.75) is 20.4 Å². The number of nitrogens with zero attached hydrogens (tertiary/aromatic N) is 5. The summed E-state index contributed by atoms with van der Waals surface area (Å²) in [7, 11) is 1.63. The van der Waals surface area contributed by atoms with E-state index in [1.165, 1.54) is 6.33 Å². The van der Waals surface area contributed by atoms with Crippen molar-refractivity contribution in [2.24, 2.45) is 0 Å². The summed E-state index contributed by atoms with van der Waals surface area (Å²) in [6.45, 7) is 4.53. The molecule has 0 saturated heterocycles. The van der Waals surface area contributed by atoms with Crippen LogP contribution in [0, 0.1) is 13.8 Å². The van der Waals surface area contributed by atoms with E-state index in [4.69, 9.17) is 4.74 Å². The number of aryl methyl sites for hydroxylation is 2. The van der Waals surface area contributed by atoms with Gasteiger partial charge in [-0.3, -0.25) is 4.98 Å². The molecule has 0 fully saturated rings. The Morgan fingerprint density at radius 3 is 2.46 bits per heavy atom. The number of methoxy groups -OCH3 is 1. The summed E-state index contributed by atoms with van der Waals surface area (Å²) in [5.41, 5.74) is 4.65. The minimum atomic E-state index is 0.604. The number of benzene rings is 1. The van der Waals surface area contributed by atoms with E-state index in [0.717, 1.165) is 39.1 Å². The summed E-state index contributed by atoms with van der Waals surface area (Å²) in [5.74, 6) is 2.00. The lowest BCUT2D eigenvalue weighted by Crippen LogP contribution is -2.04. The highest BCUT2D eigenvalue weighted by Crippen LogP contribution is 2.32. The highest BCUT2D eigenvalue weighted by atomic mass is 16.5. The summed E-state index contributed by atoms with van der Waals surface area (Å²) in [6.07, 6.45) is 6.98. The molecule has 0 atom stereocenters. The van der Waals surface area contributed by atoms with Crippen LogP contribution in [0.5, 0.6) is 5.75 Å². The zero-order chi connectivity index (χ0) is 19.5. The van der Waals surface area contributed by atoms with E-state index in [-0.39, 0.29) is 0 Å². The van der Waals surface area contributed by atoms with E-state index in [1.54, 1.807) is 19.5 Å². The van der Waals surface area contributed by atoms with Gasteiger partial charge >= 0.3 is 0 Å². The molecule has 0 unspecified atom stereocenters. The van der Waals surface area contributed by atoms with Gasteiger partial charge in [0.15, 0.2) is 5.82 Å². The number of anilines is 1. The van der Waals surface area contributed by atoms with Crippen LogP contribution in [0.15, 0.2) is 49.2 Å². The number of pyridine rings is 1. The topological polar surface area (TPSA) is 85.7 Å². The summed E-state index contributed by atoms with van der Waals surface area (Å²) < 4.78 is 5.56. The second-order valence-electron chi connectivity index (χ2n) is 6.54. The van der Waals surface area contributed by atoms with Gasteiger partial charge in [0.1, 0.15) is 23.4 Å². The third-order valence-corrected chi connectivity index (χ3v) is 4.40. The Bertz CT molecular complexity index is 1110. The number of fused-ring (bicyclic) bond motifs is 1. The average molecular weight is 372 g/mol. The molecule has 28 heavy (non-hydrogen) atoms. The number of nitrogens with one attached hydrogen (secondary N) is 1. The molecule has 0 radical (unpaired) electrons. The van der Waals surface area contributed by atoms with Gasteiger partial charge in [0, 0.05) is 41.8 Å². The first-order valence-electron chi connectivity index (χ1n) is 8.91. The molecule has 1 N–H and O–H groups in total. The van der Waals surface area contributed by atoms with Crippen molar-refractivity contribution in [3.8, 4) is 17.1 Å². The lowest BCUT2D eigenvalue weighted by molar-refractivity contribution is 0.419. The molecule has 0 aliphatic carbocycles. The Kier molecular flexibility index (Phi) is 4.80. The highest BCUT2D eigenvalue weighted by Gasteiger charge is 2.13. The van der Waals surface area contributed by atoms with Crippen LogP contribution >= 0.6 is 0 Å². The summed E-state index contributed by atoms with van der Waals surface area (Å²) >= 11 is 0. The lowest BCUT2D eigenvalue weighted by Gasteiger charge is -2.12. The molecule has 0 saturated carbocycles. The maximum atomic E-state index is 5.56. The van der Waals surface area contributed by atoms with Crippen molar-refractivity contribution in [3.05, 3.63) is 66.0 Å². The molecule has 7 nitrogen and oxygen atoms in total. The molecular weight excluding hydrogens is 352 g/mol. The van der Waals surface area contributed by atoms with Gasteiger partial charge in [0.25, 0.3) is 0 Å². The second kappa shape index (κ2) is 7.56. The zero-order valence-electron chi connectivity index (χ0n) is 16.0. The molecule has 140 valence electrons. The van der Waals surface area contributed by atoms with Crippen LogP contribution in [0.3, 0.4) is 0 Å². The molecule has 4 rings (SSSR count). The molecule has 0 spiro atoms. The minimum absolute atomic E-state index is 0.604. The van der Waals surface area contributed by atoms with Crippen LogP contribution < -0.4 is 10.1 Å². The number of hydrogen-bond acceptors (Lipinski definition) is 7. The van der Waals surface area contributed by atoms with Crippen LogP contribution in [0.4, 0.5) is 5.82 Å². The fourth-order valence-electron chi connectivity index (χ4n) is 2.89. The van der Waals surface area contributed by atoms with E-state index in [2.05, 4.69) is 30.2 Å². The van der Waals surface area contributed by atoms with Gasteiger partial charge < -0.3 is 10.1 Å². The first-order chi connectivity index (χ1) is 13.6. The van der Waals surface area contributed by atoms with Crippen LogP contribution in [0.1, 0.15) is 16.8 Å². The quantitative estimate of drug-likeness (QED) is 0.571. The Labute approximate surface area is 162 Å². The molecule has 3 aromatic heterocycles. The first-order valence-corrected chi connectivity index (χ1v) is 8.91. The van der Waals surface area contributed by atoms with Crippen molar-refractivity contribution in [1.29, 1.82) is 0 Å². The summed E-state index contributed by atoms with van der Waals surface area (Å²) in [6, 6.07) is 7.92. The predicted octanol–water partition coefficient (Wildman–Crippen LogP) is 3.72. The van der Waals surface area contributed by atoms with Gasteiger partial charge in [0.05, 0.1) is 7.11 Å². The van der Waals surface area contributed by atoms with Crippen molar-refractivity contribution in [2.75, 3.05) is 12.4 Å². The first kappa shape index (κ1) is 17.8. The third-order valence-electron chi connectivity index (χ3n) is 4.40. The van der Waals surface area contributed by atoms with Crippen LogP contribution in [0.2, 0.25) is 0 Å². The van der Waals surface area contributed by atoms with Gasteiger partial charge in [-0.1, -0.05) is 6.07 Å². The van der Waals surface area contributed by atoms with Gasteiger partial charge in [-0.05, 0) is 43.2 Å². The Balaban J connectivity index is 1.75. The van der Waals surface area contributed by atoms with E-state index >= 15 is 0 Å². The maximum Gasteiger partial charge on any atom is 0.159 e. The van der Waals surface area contributed by atoms with Crippen molar-refractivity contribution >= 4 is 16.7 Å². The summed E-state index contributed by atoms with van der Waals surface area (Å²) in [4.78, 5) is 22.0. The predicted molar refractivity (Wildman–Crippen MR) is 108 cm³/mol. The number of ether oxygens (including phenoxy) is 1. The SMILES string of the molecule is COc1cc(-c2ncc(C)cn2)cc2c(NCc3ccc(C)nc3)ncnc12. The maximum absolute atomic E-state index is 5.56. The number of hydrogen-bond donors (Lipinski definition) is 1.